The Morgan fingerprint density at radius 1 is 1.48 bits per heavy atom. The summed E-state index contributed by atoms with van der Waals surface area (Å²) in [5.41, 5.74) is 2.94. The van der Waals surface area contributed by atoms with Crippen LogP contribution < -0.4 is 14.8 Å². The van der Waals surface area contributed by atoms with Gasteiger partial charge in [-0.25, -0.2) is 0 Å². The van der Waals surface area contributed by atoms with Gasteiger partial charge in [0.1, 0.15) is 17.6 Å². The number of benzene rings is 1. The molecular formula is C20H22N2O3. The molecule has 0 aliphatic carbocycles. The quantitative estimate of drug-likeness (QED) is 0.822. The van der Waals surface area contributed by atoms with Crippen molar-refractivity contribution in [3.05, 3.63) is 59.4 Å². The maximum absolute atomic E-state index is 12.1. The van der Waals surface area contributed by atoms with E-state index >= 15 is 0 Å². The summed E-state index contributed by atoms with van der Waals surface area (Å²) < 4.78 is 11.5. The fourth-order valence-corrected chi connectivity index (χ4v) is 2.78. The van der Waals surface area contributed by atoms with E-state index in [1.807, 2.05) is 38.1 Å². The number of hydrogen-bond donors (Lipinski definition) is 1. The van der Waals surface area contributed by atoms with Crippen LogP contribution in [0, 0.1) is 0 Å². The first-order valence-corrected chi connectivity index (χ1v) is 8.47. The lowest BCUT2D eigenvalue weighted by Gasteiger charge is -2.10. The molecule has 25 heavy (non-hydrogen) atoms. The average Bonchev–Trinajstić information content (AvgIpc) is 2.98. The SMILES string of the molecule is CCOc1cc2c(cc1/C=C/C(=O)NCc1cccnc1)OC(C)C2. The zero-order valence-corrected chi connectivity index (χ0v) is 14.5. The fourth-order valence-electron chi connectivity index (χ4n) is 2.78. The normalized spacial score (nSPS) is 15.7. The van der Waals surface area contributed by atoms with E-state index in [0.717, 1.165) is 34.6 Å². The zero-order valence-electron chi connectivity index (χ0n) is 14.5. The van der Waals surface area contributed by atoms with Crippen molar-refractivity contribution in [2.24, 2.45) is 0 Å². The van der Waals surface area contributed by atoms with Crippen molar-refractivity contribution in [1.29, 1.82) is 0 Å². The van der Waals surface area contributed by atoms with E-state index in [1.54, 1.807) is 18.5 Å². The number of carbonyl (C=O) groups excluding carboxylic acids is 1. The van der Waals surface area contributed by atoms with Crippen LogP contribution in [0.3, 0.4) is 0 Å². The molecule has 1 unspecified atom stereocenters. The van der Waals surface area contributed by atoms with Crippen LogP contribution in [0.4, 0.5) is 0 Å². The van der Waals surface area contributed by atoms with E-state index in [-0.39, 0.29) is 12.0 Å². The van der Waals surface area contributed by atoms with Crippen LogP contribution >= 0.6 is 0 Å². The van der Waals surface area contributed by atoms with Crippen molar-refractivity contribution in [2.45, 2.75) is 32.9 Å². The van der Waals surface area contributed by atoms with E-state index in [1.165, 1.54) is 6.08 Å². The van der Waals surface area contributed by atoms with E-state index in [2.05, 4.69) is 10.3 Å². The van der Waals surface area contributed by atoms with Crippen molar-refractivity contribution in [1.82, 2.24) is 10.3 Å². The number of hydrogen-bond acceptors (Lipinski definition) is 4. The number of ether oxygens (including phenoxy) is 2. The summed E-state index contributed by atoms with van der Waals surface area (Å²) in [6.45, 7) is 5.01. The highest BCUT2D eigenvalue weighted by Crippen LogP contribution is 2.35. The molecule has 1 amide bonds. The second-order valence-corrected chi connectivity index (χ2v) is 5.98. The van der Waals surface area contributed by atoms with Gasteiger partial charge >= 0.3 is 0 Å². The lowest BCUT2D eigenvalue weighted by molar-refractivity contribution is -0.116. The molecule has 0 bridgehead atoms. The molecule has 1 N–H and O–H groups in total. The van der Waals surface area contributed by atoms with Crippen LogP contribution in [0.15, 0.2) is 42.7 Å². The van der Waals surface area contributed by atoms with Gasteiger partial charge in [0.2, 0.25) is 5.91 Å². The smallest absolute Gasteiger partial charge is 0.244 e. The molecule has 1 aromatic heterocycles. The third-order valence-corrected chi connectivity index (χ3v) is 3.93. The second kappa shape index (κ2) is 7.83. The number of amides is 1. The molecule has 1 aliphatic rings. The first-order chi connectivity index (χ1) is 12.2. The van der Waals surface area contributed by atoms with Gasteiger partial charge in [-0.2, -0.15) is 0 Å². The van der Waals surface area contributed by atoms with Crippen LogP contribution in [-0.2, 0) is 17.8 Å². The summed E-state index contributed by atoms with van der Waals surface area (Å²) in [7, 11) is 0. The van der Waals surface area contributed by atoms with Gasteiger partial charge < -0.3 is 14.8 Å². The van der Waals surface area contributed by atoms with Gasteiger partial charge in [0, 0.05) is 42.6 Å². The average molecular weight is 338 g/mol. The molecule has 5 nitrogen and oxygen atoms in total. The maximum Gasteiger partial charge on any atom is 0.244 e. The van der Waals surface area contributed by atoms with Crippen molar-refractivity contribution in [3.8, 4) is 11.5 Å². The van der Waals surface area contributed by atoms with Crippen molar-refractivity contribution >= 4 is 12.0 Å². The Bertz CT molecular complexity index is 772. The summed E-state index contributed by atoms with van der Waals surface area (Å²) in [5, 5.41) is 2.84. The highest BCUT2D eigenvalue weighted by molar-refractivity contribution is 5.92. The number of nitrogens with zero attached hydrogens (tertiary/aromatic N) is 1. The predicted octanol–water partition coefficient (Wildman–Crippen LogP) is 3.13. The second-order valence-electron chi connectivity index (χ2n) is 5.98. The minimum Gasteiger partial charge on any atom is -0.493 e. The largest absolute Gasteiger partial charge is 0.493 e. The Balaban J connectivity index is 1.69. The number of fused-ring (bicyclic) bond motifs is 1. The highest BCUT2D eigenvalue weighted by atomic mass is 16.5. The molecule has 0 spiro atoms. The van der Waals surface area contributed by atoms with Gasteiger partial charge in [-0.15, -0.1) is 0 Å². The Morgan fingerprint density at radius 3 is 3.12 bits per heavy atom. The highest BCUT2D eigenvalue weighted by Gasteiger charge is 2.21. The van der Waals surface area contributed by atoms with Gasteiger partial charge in [0.15, 0.2) is 0 Å². The van der Waals surface area contributed by atoms with Gasteiger partial charge in [-0.1, -0.05) is 6.07 Å². The van der Waals surface area contributed by atoms with E-state index in [9.17, 15) is 4.79 Å². The number of nitrogens with one attached hydrogen (secondary N) is 1. The van der Waals surface area contributed by atoms with Crippen LogP contribution in [0.1, 0.15) is 30.5 Å². The molecule has 3 rings (SSSR count). The van der Waals surface area contributed by atoms with Gasteiger partial charge in [-0.05, 0) is 43.7 Å². The van der Waals surface area contributed by atoms with E-state index in [4.69, 9.17) is 9.47 Å². The third-order valence-electron chi connectivity index (χ3n) is 3.93. The molecule has 0 saturated heterocycles. The number of aromatic nitrogens is 1. The predicted molar refractivity (Wildman–Crippen MR) is 96.5 cm³/mol. The summed E-state index contributed by atoms with van der Waals surface area (Å²) >= 11 is 0. The summed E-state index contributed by atoms with van der Waals surface area (Å²) in [5.74, 6) is 1.47. The topological polar surface area (TPSA) is 60.5 Å². The molecule has 2 heterocycles. The lowest BCUT2D eigenvalue weighted by Crippen LogP contribution is -2.20. The Kier molecular flexibility index (Phi) is 5.33. The number of rotatable bonds is 6. The first kappa shape index (κ1) is 17.0. The molecule has 0 saturated carbocycles. The maximum atomic E-state index is 12.1. The third kappa shape index (κ3) is 4.38. The van der Waals surface area contributed by atoms with Crippen LogP contribution in [0.2, 0.25) is 0 Å². The van der Waals surface area contributed by atoms with E-state index in [0.29, 0.717) is 13.2 Å². The monoisotopic (exact) mass is 338 g/mol. The molecule has 5 heteroatoms. The van der Waals surface area contributed by atoms with Gasteiger partial charge in [0.05, 0.1) is 6.61 Å². The van der Waals surface area contributed by atoms with E-state index < -0.39 is 0 Å². The molecule has 1 aliphatic heterocycles. The standard InChI is InChI=1S/C20H22N2O3/c1-3-24-18-11-17-9-14(2)25-19(17)10-16(18)6-7-20(23)22-13-15-5-4-8-21-12-15/h4-8,10-12,14H,3,9,13H2,1-2H3,(H,22,23)/b7-6+. The fraction of sp³-hybridized carbons (Fsp3) is 0.300. The van der Waals surface area contributed by atoms with Crippen molar-refractivity contribution in [2.75, 3.05) is 6.61 Å². The van der Waals surface area contributed by atoms with Crippen LogP contribution in [0.5, 0.6) is 11.5 Å². The summed E-state index contributed by atoms with van der Waals surface area (Å²) in [6.07, 6.45) is 7.76. The molecule has 130 valence electrons. The number of carbonyl (C=O) groups is 1. The summed E-state index contributed by atoms with van der Waals surface area (Å²) in [6, 6.07) is 7.71. The minimum atomic E-state index is -0.166. The summed E-state index contributed by atoms with van der Waals surface area (Å²) in [4.78, 5) is 16.1. The van der Waals surface area contributed by atoms with Gasteiger partial charge in [-0.3, -0.25) is 9.78 Å². The zero-order chi connectivity index (χ0) is 17.6. The molecule has 1 atom stereocenters. The molecule has 2 aromatic rings. The first-order valence-electron chi connectivity index (χ1n) is 8.47. The Hall–Kier alpha value is -2.82. The van der Waals surface area contributed by atoms with Crippen LogP contribution in [-0.4, -0.2) is 23.6 Å². The molecule has 0 fully saturated rings. The molecular weight excluding hydrogens is 316 g/mol. The lowest BCUT2D eigenvalue weighted by atomic mass is 10.1. The Morgan fingerprint density at radius 2 is 2.36 bits per heavy atom. The molecule has 1 aromatic carbocycles. The minimum absolute atomic E-state index is 0.166. The Labute approximate surface area is 147 Å². The van der Waals surface area contributed by atoms with Crippen molar-refractivity contribution < 1.29 is 14.3 Å². The number of pyridine rings is 1. The van der Waals surface area contributed by atoms with Crippen molar-refractivity contribution in [3.63, 3.8) is 0 Å². The molecule has 0 radical (unpaired) electrons. The van der Waals surface area contributed by atoms with Crippen LogP contribution in [0.25, 0.3) is 6.08 Å². The van der Waals surface area contributed by atoms with Gasteiger partial charge in [0.25, 0.3) is 0 Å².